The molecule has 0 aliphatic carbocycles. The molecule has 14 heavy (non-hydrogen) atoms. The molecule has 0 aromatic carbocycles. The predicted molar refractivity (Wildman–Crippen MR) is 56.1 cm³/mol. The summed E-state index contributed by atoms with van der Waals surface area (Å²) in [5.41, 5.74) is 0. The van der Waals surface area contributed by atoms with Gasteiger partial charge in [0.05, 0.1) is 6.61 Å². The van der Waals surface area contributed by atoms with Crippen molar-refractivity contribution >= 4 is 5.97 Å². The molecule has 1 saturated heterocycles. The lowest BCUT2D eigenvalue weighted by Crippen LogP contribution is -2.32. The lowest BCUT2D eigenvalue weighted by Gasteiger charge is -2.29. The van der Waals surface area contributed by atoms with Crippen LogP contribution in [0.15, 0.2) is 0 Å². The molecular formula is C11H21NO2. The fourth-order valence-electron chi connectivity index (χ4n) is 2.06. The van der Waals surface area contributed by atoms with E-state index < -0.39 is 0 Å². The van der Waals surface area contributed by atoms with Gasteiger partial charge in [-0.3, -0.25) is 4.79 Å². The van der Waals surface area contributed by atoms with Crippen LogP contribution in [0, 0.1) is 5.92 Å². The maximum atomic E-state index is 11.1. The highest BCUT2D eigenvalue weighted by Crippen LogP contribution is 2.19. The Morgan fingerprint density at radius 3 is 3.00 bits per heavy atom. The molecule has 82 valence electrons. The zero-order valence-electron chi connectivity index (χ0n) is 9.29. The molecule has 0 N–H and O–H groups in total. The van der Waals surface area contributed by atoms with Gasteiger partial charge in [0.1, 0.15) is 0 Å². The molecule has 1 aliphatic rings. The van der Waals surface area contributed by atoms with Gasteiger partial charge in [0.2, 0.25) is 0 Å². The van der Waals surface area contributed by atoms with Crippen LogP contribution >= 0.6 is 0 Å². The zero-order valence-corrected chi connectivity index (χ0v) is 9.29. The second-order valence-corrected chi connectivity index (χ2v) is 4.11. The lowest BCUT2D eigenvalue weighted by molar-refractivity contribution is -0.143. The van der Waals surface area contributed by atoms with Crippen LogP contribution in [0.1, 0.15) is 32.6 Å². The molecule has 1 atom stereocenters. The van der Waals surface area contributed by atoms with E-state index in [4.69, 9.17) is 4.74 Å². The Morgan fingerprint density at radius 1 is 1.57 bits per heavy atom. The molecule has 0 radical (unpaired) electrons. The van der Waals surface area contributed by atoms with E-state index in [9.17, 15) is 4.79 Å². The first-order chi connectivity index (χ1) is 6.72. The molecule has 0 aromatic rings. The van der Waals surface area contributed by atoms with E-state index in [0.717, 1.165) is 13.0 Å². The van der Waals surface area contributed by atoms with Gasteiger partial charge >= 0.3 is 5.97 Å². The molecule has 1 rings (SSSR count). The number of carbonyl (C=O) groups excluding carboxylic acids is 1. The van der Waals surface area contributed by atoms with Gasteiger partial charge in [-0.25, -0.2) is 0 Å². The van der Waals surface area contributed by atoms with E-state index in [-0.39, 0.29) is 5.97 Å². The number of hydrogen-bond donors (Lipinski definition) is 0. The van der Waals surface area contributed by atoms with Crippen molar-refractivity contribution in [1.29, 1.82) is 0 Å². The Bertz CT molecular complexity index is 182. The van der Waals surface area contributed by atoms with Crippen LogP contribution in [0.2, 0.25) is 0 Å². The van der Waals surface area contributed by atoms with Crippen molar-refractivity contribution in [3.8, 4) is 0 Å². The van der Waals surface area contributed by atoms with E-state index in [1.165, 1.54) is 19.4 Å². The second kappa shape index (κ2) is 6.02. The summed E-state index contributed by atoms with van der Waals surface area (Å²) in [4.78, 5) is 13.5. The Kier molecular flexibility index (Phi) is 4.94. The van der Waals surface area contributed by atoms with E-state index in [2.05, 4.69) is 11.9 Å². The van der Waals surface area contributed by atoms with Gasteiger partial charge in [-0.05, 0) is 45.7 Å². The van der Waals surface area contributed by atoms with Crippen molar-refractivity contribution in [2.75, 3.05) is 26.7 Å². The monoisotopic (exact) mass is 199 g/mol. The molecule has 1 aliphatic heterocycles. The van der Waals surface area contributed by atoms with Crippen LogP contribution in [0.5, 0.6) is 0 Å². The van der Waals surface area contributed by atoms with E-state index in [0.29, 0.717) is 18.9 Å². The maximum absolute atomic E-state index is 11.1. The van der Waals surface area contributed by atoms with Crippen LogP contribution < -0.4 is 0 Å². The molecule has 0 bridgehead atoms. The summed E-state index contributed by atoms with van der Waals surface area (Å²) in [5, 5.41) is 0. The minimum atomic E-state index is -0.0410. The Balaban J connectivity index is 2.14. The van der Waals surface area contributed by atoms with E-state index in [1.807, 2.05) is 6.92 Å². The predicted octanol–water partition coefficient (Wildman–Crippen LogP) is 1.67. The summed E-state index contributed by atoms with van der Waals surface area (Å²) in [6.45, 7) is 4.70. The number of likely N-dealkylation sites (tertiary alicyclic amines) is 1. The topological polar surface area (TPSA) is 29.5 Å². The summed E-state index contributed by atoms with van der Waals surface area (Å²) in [6.07, 6.45) is 4.11. The number of rotatable bonds is 4. The third kappa shape index (κ3) is 4.09. The molecule has 3 heteroatoms. The van der Waals surface area contributed by atoms with Gasteiger partial charge < -0.3 is 9.64 Å². The first kappa shape index (κ1) is 11.5. The lowest BCUT2D eigenvalue weighted by atomic mass is 9.94. The molecule has 0 saturated carbocycles. The third-order valence-electron chi connectivity index (χ3n) is 2.78. The average molecular weight is 199 g/mol. The maximum Gasteiger partial charge on any atom is 0.305 e. The molecule has 3 nitrogen and oxygen atoms in total. The quantitative estimate of drug-likeness (QED) is 0.645. The molecule has 0 spiro atoms. The fourth-order valence-corrected chi connectivity index (χ4v) is 2.06. The molecule has 1 heterocycles. The normalized spacial score (nSPS) is 23.4. The number of ether oxygens (including phenoxy) is 1. The van der Waals surface area contributed by atoms with Crippen LogP contribution in [-0.2, 0) is 9.53 Å². The number of carbonyl (C=O) groups is 1. The van der Waals surface area contributed by atoms with Gasteiger partial charge in [-0.2, -0.15) is 0 Å². The first-order valence-corrected chi connectivity index (χ1v) is 5.56. The third-order valence-corrected chi connectivity index (χ3v) is 2.78. The molecule has 1 fully saturated rings. The number of esters is 1. The summed E-state index contributed by atoms with van der Waals surface area (Å²) < 4.78 is 4.91. The molecular weight excluding hydrogens is 178 g/mol. The van der Waals surface area contributed by atoms with Gasteiger partial charge in [-0.15, -0.1) is 0 Å². The van der Waals surface area contributed by atoms with Crippen LogP contribution in [0.3, 0.4) is 0 Å². The number of hydrogen-bond acceptors (Lipinski definition) is 3. The SMILES string of the molecule is CCOC(=O)CCC1CCCN(C)C1. The van der Waals surface area contributed by atoms with E-state index >= 15 is 0 Å². The summed E-state index contributed by atoms with van der Waals surface area (Å²) in [5.74, 6) is 0.652. The van der Waals surface area contributed by atoms with Crippen molar-refractivity contribution in [3.05, 3.63) is 0 Å². The second-order valence-electron chi connectivity index (χ2n) is 4.11. The fraction of sp³-hybridized carbons (Fsp3) is 0.909. The van der Waals surface area contributed by atoms with Gasteiger partial charge in [0.25, 0.3) is 0 Å². The summed E-state index contributed by atoms with van der Waals surface area (Å²) in [6, 6.07) is 0. The Morgan fingerprint density at radius 2 is 2.36 bits per heavy atom. The molecule has 0 aromatic heterocycles. The van der Waals surface area contributed by atoms with Gasteiger partial charge in [0.15, 0.2) is 0 Å². The average Bonchev–Trinajstić information content (AvgIpc) is 2.15. The Labute approximate surface area is 86.4 Å². The zero-order chi connectivity index (χ0) is 10.4. The molecule has 0 amide bonds. The minimum Gasteiger partial charge on any atom is -0.466 e. The summed E-state index contributed by atoms with van der Waals surface area (Å²) in [7, 11) is 2.15. The van der Waals surface area contributed by atoms with Crippen molar-refractivity contribution in [3.63, 3.8) is 0 Å². The first-order valence-electron chi connectivity index (χ1n) is 5.56. The highest BCUT2D eigenvalue weighted by atomic mass is 16.5. The summed E-state index contributed by atoms with van der Waals surface area (Å²) >= 11 is 0. The Hall–Kier alpha value is -0.570. The number of piperidine rings is 1. The van der Waals surface area contributed by atoms with Crippen LogP contribution in [0.25, 0.3) is 0 Å². The molecule has 1 unspecified atom stereocenters. The van der Waals surface area contributed by atoms with Crippen molar-refractivity contribution in [2.45, 2.75) is 32.6 Å². The van der Waals surface area contributed by atoms with Crippen molar-refractivity contribution in [2.24, 2.45) is 5.92 Å². The van der Waals surface area contributed by atoms with Gasteiger partial charge in [-0.1, -0.05) is 0 Å². The van der Waals surface area contributed by atoms with Crippen LogP contribution in [-0.4, -0.2) is 37.6 Å². The highest BCUT2D eigenvalue weighted by Gasteiger charge is 2.18. The largest absolute Gasteiger partial charge is 0.466 e. The highest BCUT2D eigenvalue weighted by molar-refractivity contribution is 5.69. The van der Waals surface area contributed by atoms with Crippen LogP contribution in [0.4, 0.5) is 0 Å². The van der Waals surface area contributed by atoms with E-state index in [1.54, 1.807) is 0 Å². The standard InChI is InChI=1S/C11H21NO2/c1-3-14-11(13)7-6-10-5-4-8-12(2)9-10/h10H,3-9H2,1-2H3. The number of nitrogens with zero attached hydrogens (tertiary/aromatic N) is 1. The smallest absolute Gasteiger partial charge is 0.305 e. The van der Waals surface area contributed by atoms with Crippen molar-refractivity contribution in [1.82, 2.24) is 4.90 Å². The van der Waals surface area contributed by atoms with Crippen molar-refractivity contribution < 1.29 is 9.53 Å². The minimum absolute atomic E-state index is 0.0410. The van der Waals surface area contributed by atoms with Gasteiger partial charge in [0, 0.05) is 13.0 Å².